The molecule has 0 aliphatic heterocycles. The van der Waals surface area contributed by atoms with Gasteiger partial charge in [-0.25, -0.2) is 0 Å². The largest absolute Gasteiger partial charge is 0.480 e. The lowest BCUT2D eigenvalue weighted by Crippen LogP contribution is -2.21. The van der Waals surface area contributed by atoms with Gasteiger partial charge in [-0.1, -0.05) is 12.1 Å². The molecule has 1 aromatic heterocycles. The van der Waals surface area contributed by atoms with Gasteiger partial charge in [0.05, 0.1) is 12.1 Å². The van der Waals surface area contributed by atoms with Gasteiger partial charge in [0.2, 0.25) is 0 Å². The fourth-order valence-corrected chi connectivity index (χ4v) is 1.55. The van der Waals surface area contributed by atoms with E-state index in [4.69, 9.17) is 5.11 Å². The van der Waals surface area contributed by atoms with Crippen molar-refractivity contribution in [1.82, 2.24) is 10.3 Å². The van der Waals surface area contributed by atoms with Crippen LogP contribution in [0.15, 0.2) is 36.5 Å². The van der Waals surface area contributed by atoms with Gasteiger partial charge in [0.1, 0.15) is 0 Å². The molecule has 1 heterocycles. The van der Waals surface area contributed by atoms with Crippen LogP contribution in [0.2, 0.25) is 0 Å². The van der Waals surface area contributed by atoms with E-state index in [0.717, 1.165) is 16.5 Å². The minimum absolute atomic E-state index is 0.0227. The van der Waals surface area contributed by atoms with Crippen molar-refractivity contribution < 1.29 is 9.90 Å². The number of aliphatic carboxylic acids is 1. The Morgan fingerprint density at radius 3 is 3.06 bits per heavy atom. The topological polar surface area (TPSA) is 62.2 Å². The zero-order chi connectivity index (χ0) is 11.4. The van der Waals surface area contributed by atoms with Gasteiger partial charge in [-0.2, -0.15) is 0 Å². The summed E-state index contributed by atoms with van der Waals surface area (Å²) in [5, 5.41) is 12.4. The smallest absolute Gasteiger partial charge is 0.317 e. The van der Waals surface area contributed by atoms with Crippen molar-refractivity contribution in [2.75, 3.05) is 6.54 Å². The Bertz CT molecular complexity index is 511. The monoisotopic (exact) mass is 216 g/mol. The number of nitrogens with one attached hydrogen (secondary N) is 1. The Hall–Kier alpha value is -1.94. The zero-order valence-corrected chi connectivity index (χ0v) is 8.68. The molecule has 0 radical (unpaired) electrons. The first kappa shape index (κ1) is 10.6. The van der Waals surface area contributed by atoms with Crippen molar-refractivity contribution in [1.29, 1.82) is 0 Å². The Morgan fingerprint density at radius 1 is 1.38 bits per heavy atom. The van der Waals surface area contributed by atoms with Crippen molar-refractivity contribution in [3.8, 4) is 0 Å². The Balaban J connectivity index is 2.10. The van der Waals surface area contributed by atoms with Crippen molar-refractivity contribution in [2.45, 2.75) is 6.54 Å². The number of aromatic nitrogens is 1. The van der Waals surface area contributed by atoms with Crippen molar-refractivity contribution in [3.63, 3.8) is 0 Å². The molecule has 0 spiro atoms. The number of hydrogen-bond donors (Lipinski definition) is 2. The van der Waals surface area contributed by atoms with E-state index in [9.17, 15) is 4.79 Å². The average molecular weight is 216 g/mol. The Labute approximate surface area is 92.9 Å². The van der Waals surface area contributed by atoms with Gasteiger partial charge in [-0.05, 0) is 23.8 Å². The van der Waals surface area contributed by atoms with Gasteiger partial charge in [0, 0.05) is 18.1 Å². The number of hydrogen-bond acceptors (Lipinski definition) is 3. The number of carbonyl (C=O) groups is 1. The molecule has 0 amide bonds. The molecule has 2 N–H and O–H groups in total. The predicted octanol–water partition coefficient (Wildman–Crippen LogP) is 1.41. The van der Waals surface area contributed by atoms with E-state index in [1.54, 1.807) is 6.20 Å². The van der Waals surface area contributed by atoms with E-state index in [-0.39, 0.29) is 6.54 Å². The highest BCUT2D eigenvalue weighted by Gasteiger charge is 1.98. The first-order chi connectivity index (χ1) is 7.75. The molecule has 2 aromatic rings. The summed E-state index contributed by atoms with van der Waals surface area (Å²) < 4.78 is 0. The summed E-state index contributed by atoms with van der Waals surface area (Å²) in [5.41, 5.74) is 2.01. The number of nitrogens with zero attached hydrogens (tertiary/aromatic N) is 1. The lowest BCUT2D eigenvalue weighted by atomic mass is 10.1. The maximum absolute atomic E-state index is 10.3. The quantitative estimate of drug-likeness (QED) is 0.811. The molecular weight excluding hydrogens is 204 g/mol. The maximum Gasteiger partial charge on any atom is 0.317 e. The molecule has 16 heavy (non-hydrogen) atoms. The second kappa shape index (κ2) is 4.72. The van der Waals surface area contributed by atoms with Gasteiger partial charge in [0.15, 0.2) is 0 Å². The first-order valence-corrected chi connectivity index (χ1v) is 5.02. The summed E-state index contributed by atoms with van der Waals surface area (Å²) in [6, 6.07) is 9.77. The van der Waals surface area contributed by atoms with Crippen LogP contribution < -0.4 is 5.32 Å². The van der Waals surface area contributed by atoms with Crippen LogP contribution in [0, 0.1) is 0 Å². The maximum atomic E-state index is 10.3. The Morgan fingerprint density at radius 2 is 2.25 bits per heavy atom. The normalized spacial score (nSPS) is 10.5. The number of benzene rings is 1. The summed E-state index contributed by atoms with van der Waals surface area (Å²) in [5.74, 6) is -0.845. The van der Waals surface area contributed by atoms with Crippen molar-refractivity contribution >= 4 is 16.9 Å². The number of pyridine rings is 1. The van der Waals surface area contributed by atoms with E-state index in [1.807, 2.05) is 30.3 Å². The predicted molar refractivity (Wildman–Crippen MR) is 61.1 cm³/mol. The molecule has 0 saturated heterocycles. The molecule has 82 valence electrons. The van der Waals surface area contributed by atoms with Crippen LogP contribution in [0.1, 0.15) is 5.56 Å². The summed E-state index contributed by atoms with van der Waals surface area (Å²) in [6.07, 6.45) is 1.75. The molecular formula is C12H12N2O2. The van der Waals surface area contributed by atoms with Gasteiger partial charge in [-0.3, -0.25) is 9.78 Å². The fraction of sp³-hybridized carbons (Fsp3) is 0.167. The molecule has 4 heteroatoms. The fourth-order valence-electron chi connectivity index (χ4n) is 1.55. The number of fused-ring (bicyclic) bond motifs is 1. The molecule has 0 bridgehead atoms. The molecule has 0 aliphatic carbocycles. The molecule has 2 rings (SSSR count). The average Bonchev–Trinajstić information content (AvgIpc) is 2.28. The van der Waals surface area contributed by atoms with Gasteiger partial charge in [0.25, 0.3) is 0 Å². The number of rotatable bonds is 4. The second-order valence-corrected chi connectivity index (χ2v) is 3.53. The minimum Gasteiger partial charge on any atom is -0.480 e. The van der Waals surface area contributed by atoms with Crippen LogP contribution in [0.5, 0.6) is 0 Å². The van der Waals surface area contributed by atoms with Gasteiger partial charge < -0.3 is 10.4 Å². The van der Waals surface area contributed by atoms with E-state index in [0.29, 0.717) is 6.54 Å². The molecule has 4 nitrogen and oxygen atoms in total. The molecule has 0 fully saturated rings. The van der Waals surface area contributed by atoms with Crippen molar-refractivity contribution in [2.24, 2.45) is 0 Å². The standard InChI is InChI=1S/C12H12N2O2/c15-12(16)8-13-7-9-3-4-11-10(6-9)2-1-5-14-11/h1-6,13H,7-8H2,(H,15,16). The van der Waals surface area contributed by atoms with Gasteiger partial charge >= 0.3 is 5.97 Å². The third-order valence-corrected chi connectivity index (χ3v) is 2.27. The highest BCUT2D eigenvalue weighted by Crippen LogP contribution is 2.12. The molecule has 0 unspecified atom stereocenters. The van der Waals surface area contributed by atoms with Crippen molar-refractivity contribution in [3.05, 3.63) is 42.1 Å². The lowest BCUT2D eigenvalue weighted by Gasteiger charge is -2.03. The Kier molecular flexibility index (Phi) is 3.12. The summed E-state index contributed by atoms with van der Waals surface area (Å²) in [6.45, 7) is 0.530. The second-order valence-electron chi connectivity index (χ2n) is 3.53. The van der Waals surface area contributed by atoms with E-state index >= 15 is 0 Å². The number of carboxylic acid groups (broad SMARTS) is 1. The van der Waals surface area contributed by atoms with Crippen LogP contribution in [0.3, 0.4) is 0 Å². The number of carboxylic acids is 1. The van der Waals surface area contributed by atoms with Crippen LogP contribution in [0.25, 0.3) is 10.9 Å². The summed E-state index contributed by atoms with van der Waals surface area (Å²) in [4.78, 5) is 14.5. The molecule has 0 saturated carbocycles. The highest BCUT2D eigenvalue weighted by molar-refractivity contribution is 5.78. The summed E-state index contributed by atoms with van der Waals surface area (Å²) >= 11 is 0. The highest BCUT2D eigenvalue weighted by atomic mass is 16.4. The van der Waals surface area contributed by atoms with Crippen LogP contribution in [-0.2, 0) is 11.3 Å². The molecule has 0 atom stereocenters. The third kappa shape index (κ3) is 2.55. The van der Waals surface area contributed by atoms with Crippen LogP contribution in [0.4, 0.5) is 0 Å². The zero-order valence-electron chi connectivity index (χ0n) is 8.68. The molecule has 0 aliphatic rings. The molecule has 1 aromatic carbocycles. The van der Waals surface area contributed by atoms with E-state index < -0.39 is 5.97 Å². The SMILES string of the molecule is O=C(O)CNCc1ccc2ncccc2c1. The van der Waals surface area contributed by atoms with Gasteiger partial charge in [-0.15, -0.1) is 0 Å². The van der Waals surface area contributed by atoms with E-state index in [1.165, 1.54) is 0 Å². The summed E-state index contributed by atoms with van der Waals surface area (Å²) in [7, 11) is 0. The minimum atomic E-state index is -0.845. The lowest BCUT2D eigenvalue weighted by molar-refractivity contribution is -0.135. The van der Waals surface area contributed by atoms with E-state index in [2.05, 4.69) is 10.3 Å². The first-order valence-electron chi connectivity index (χ1n) is 5.02. The van der Waals surface area contributed by atoms with Crippen LogP contribution >= 0.6 is 0 Å². The van der Waals surface area contributed by atoms with Crippen LogP contribution in [-0.4, -0.2) is 22.6 Å². The third-order valence-electron chi connectivity index (χ3n) is 2.27.